The zero-order valence-corrected chi connectivity index (χ0v) is 12.8. The minimum Gasteiger partial charge on any atom is -0.508 e. The summed E-state index contributed by atoms with van der Waals surface area (Å²) in [5.74, 6) is -0.631. The quantitative estimate of drug-likeness (QED) is 0.440. The Kier molecular flexibility index (Phi) is 5.10. The molecule has 0 atom stereocenters. The average Bonchev–Trinajstić information content (AvgIpc) is 2.53. The van der Waals surface area contributed by atoms with Crippen LogP contribution in [0.3, 0.4) is 0 Å². The summed E-state index contributed by atoms with van der Waals surface area (Å²) >= 11 is 0. The third-order valence-electron chi connectivity index (χ3n) is 3.23. The summed E-state index contributed by atoms with van der Waals surface area (Å²) in [5, 5.41) is 33.4. The van der Waals surface area contributed by atoms with E-state index >= 15 is 0 Å². The van der Waals surface area contributed by atoms with Gasteiger partial charge in [0.05, 0.1) is 17.1 Å². The van der Waals surface area contributed by atoms with Crippen molar-refractivity contribution < 1.29 is 19.9 Å². The summed E-state index contributed by atoms with van der Waals surface area (Å²) in [4.78, 5) is 21.9. The number of nitrogens with one attached hydrogen (secondary N) is 1. The van der Waals surface area contributed by atoms with Gasteiger partial charge in [-0.2, -0.15) is 5.10 Å². The summed E-state index contributed by atoms with van der Waals surface area (Å²) in [5.41, 5.74) is 3.66. The van der Waals surface area contributed by atoms with Crippen molar-refractivity contribution in [2.24, 2.45) is 5.10 Å². The van der Waals surface area contributed by atoms with Gasteiger partial charge in [-0.05, 0) is 24.6 Å². The first-order valence-electron chi connectivity index (χ1n) is 6.95. The zero-order valence-electron chi connectivity index (χ0n) is 12.8. The molecule has 0 heterocycles. The molecule has 0 spiro atoms. The number of carbonyl (C=O) groups excluding carboxylic acids is 1. The topological polar surface area (TPSA) is 125 Å². The molecule has 0 aliphatic carbocycles. The highest BCUT2D eigenvalue weighted by Crippen LogP contribution is 2.22. The SMILES string of the molecule is C/C(=N/NC(=O)Cc1ccc([N+](=O)[O-])cc1)c1ccc(O)cc1O. The molecule has 0 saturated heterocycles. The maximum atomic E-state index is 11.9. The number of nitro benzene ring substituents is 1. The molecule has 0 aliphatic rings. The molecule has 0 aromatic heterocycles. The molecular weight excluding hydrogens is 314 g/mol. The summed E-state index contributed by atoms with van der Waals surface area (Å²) in [7, 11) is 0. The van der Waals surface area contributed by atoms with Gasteiger partial charge in [-0.3, -0.25) is 14.9 Å². The minimum atomic E-state index is -0.512. The van der Waals surface area contributed by atoms with E-state index in [-0.39, 0.29) is 23.6 Å². The van der Waals surface area contributed by atoms with Gasteiger partial charge in [0.25, 0.3) is 5.69 Å². The Labute approximate surface area is 137 Å². The number of phenolic OH excluding ortho intramolecular Hbond substituents is 2. The monoisotopic (exact) mass is 329 g/mol. The van der Waals surface area contributed by atoms with Crippen LogP contribution in [0.1, 0.15) is 18.1 Å². The molecule has 2 rings (SSSR count). The number of hydrazone groups is 1. The molecule has 0 fully saturated rings. The van der Waals surface area contributed by atoms with Crippen LogP contribution in [0.15, 0.2) is 47.6 Å². The minimum absolute atomic E-state index is 0.0103. The number of benzene rings is 2. The number of nitrogens with zero attached hydrogens (tertiary/aromatic N) is 2. The van der Waals surface area contributed by atoms with Crippen molar-refractivity contribution in [2.75, 3.05) is 0 Å². The van der Waals surface area contributed by atoms with Gasteiger partial charge in [0.1, 0.15) is 11.5 Å². The van der Waals surface area contributed by atoms with Crippen molar-refractivity contribution in [3.63, 3.8) is 0 Å². The normalized spacial score (nSPS) is 11.1. The van der Waals surface area contributed by atoms with E-state index < -0.39 is 10.8 Å². The highest BCUT2D eigenvalue weighted by atomic mass is 16.6. The molecule has 0 unspecified atom stereocenters. The van der Waals surface area contributed by atoms with Crippen LogP contribution >= 0.6 is 0 Å². The highest BCUT2D eigenvalue weighted by molar-refractivity contribution is 6.01. The Morgan fingerprint density at radius 3 is 2.46 bits per heavy atom. The smallest absolute Gasteiger partial charge is 0.269 e. The predicted molar refractivity (Wildman–Crippen MR) is 86.9 cm³/mol. The van der Waals surface area contributed by atoms with Gasteiger partial charge in [0, 0.05) is 23.8 Å². The van der Waals surface area contributed by atoms with Crippen LogP contribution < -0.4 is 5.43 Å². The summed E-state index contributed by atoms with van der Waals surface area (Å²) < 4.78 is 0. The van der Waals surface area contributed by atoms with Gasteiger partial charge in [-0.15, -0.1) is 0 Å². The fourth-order valence-electron chi connectivity index (χ4n) is 1.99. The molecule has 24 heavy (non-hydrogen) atoms. The lowest BCUT2D eigenvalue weighted by Crippen LogP contribution is -2.21. The Morgan fingerprint density at radius 2 is 1.88 bits per heavy atom. The van der Waals surface area contributed by atoms with Crippen LogP contribution in [-0.2, 0) is 11.2 Å². The molecule has 1 amide bonds. The summed E-state index contributed by atoms with van der Waals surface area (Å²) in [6, 6.07) is 9.70. The van der Waals surface area contributed by atoms with Crippen molar-refractivity contribution in [2.45, 2.75) is 13.3 Å². The molecule has 0 aliphatic heterocycles. The molecule has 124 valence electrons. The Hall–Kier alpha value is -3.42. The van der Waals surface area contributed by atoms with Crippen LogP contribution in [0.4, 0.5) is 5.69 Å². The molecule has 0 radical (unpaired) electrons. The number of rotatable bonds is 5. The van der Waals surface area contributed by atoms with E-state index in [2.05, 4.69) is 10.5 Å². The Balaban J connectivity index is 2.00. The van der Waals surface area contributed by atoms with Gasteiger partial charge in [-0.1, -0.05) is 12.1 Å². The predicted octanol–water partition coefficient (Wildman–Crippen LogP) is 2.09. The number of amides is 1. The molecule has 3 N–H and O–H groups in total. The molecule has 0 saturated carbocycles. The molecule has 0 bridgehead atoms. The Morgan fingerprint density at radius 1 is 1.21 bits per heavy atom. The van der Waals surface area contributed by atoms with Crippen molar-refractivity contribution in [3.8, 4) is 11.5 Å². The second-order valence-corrected chi connectivity index (χ2v) is 5.03. The van der Waals surface area contributed by atoms with E-state index in [1.54, 1.807) is 6.92 Å². The van der Waals surface area contributed by atoms with Crippen LogP contribution in [0.5, 0.6) is 11.5 Å². The zero-order chi connectivity index (χ0) is 17.7. The Bertz CT molecular complexity index is 800. The number of non-ortho nitro benzene ring substituents is 1. The fourth-order valence-corrected chi connectivity index (χ4v) is 1.99. The van der Waals surface area contributed by atoms with E-state index in [1.807, 2.05) is 0 Å². The highest BCUT2D eigenvalue weighted by Gasteiger charge is 2.09. The van der Waals surface area contributed by atoms with Crippen LogP contribution in [0.25, 0.3) is 0 Å². The van der Waals surface area contributed by atoms with E-state index in [9.17, 15) is 25.1 Å². The average molecular weight is 329 g/mol. The number of carbonyl (C=O) groups is 1. The van der Waals surface area contributed by atoms with Gasteiger partial charge in [-0.25, -0.2) is 5.43 Å². The van der Waals surface area contributed by atoms with E-state index in [0.29, 0.717) is 16.8 Å². The van der Waals surface area contributed by atoms with E-state index in [0.717, 1.165) is 0 Å². The van der Waals surface area contributed by atoms with Crippen LogP contribution in [0, 0.1) is 10.1 Å². The molecule has 2 aromatic carbocycles. The maximum absolute atomic E-state index is 11.9. The summed E-state index contributed by atoms with van der Waals surface area (Å²) in [6.07, 6.45) is 0.0103. The third-order valence-corrected chi connectivity index (χ3v) is 3.23. The van der Waals surface area contributed by atoms with E-state index in [1.165, 1.54) is 42.5 Å². The number of phenols is 2. The lowest BCUT2D eigenvalue weighted by Gasteiger charge is -2.05. The lowest BCUT2D eigenvalue weighted by atomic mass is 10.1. The lowest BCUT2D eigenvalue weighted by molar-refractivity contribution is -0.384. The largest absolute Gasteiger partial charge is 0.508 e. The van der Waals surface area contributed by atoms with Gasteiger partial charge in [0.2, 0.25) is 5.91 Å². The van der Waals surface area contributed by atoms with Crippen LogP contribution in [0.2, 0.25) is 0 Å². The number of aromatic hydroxyl groups is 2. The first kappa shape index (κ1) is 16.9. The molecule has 8 nitrogen and oxygen atoms in total. The third kappa shape index (κ3) is 4.29. The van der Waals surface area contributed by atoms with Crippen molar-refractivity contribution in [3.05, 3.63) is 63.7 Å². The molecular formula is C16H15N3O5. The standard InChI is InChI=1S/C16H15N3O5/c1-10(14-7-6-13(20)9-15(14)21)17-18-16(22)8-11-2-4-12(5-3-11)19(23)24/h2-7,9,20-21H,8H2,1H3,(H,18,22)/b17-10-. The number of hydrogen-bond acceptors (Lipinski definition) is 6. The molecule has 8 heteroatoms. The van der Waals surface area contributed by atoms with Gasteiger partial charge in [0.15, 0.2) is 0 Å². The van der Waals surface area contributed by atoms with Crippen LogP contribution in [-0.4, -0.2) is 26.8 Å². The van der Waals surface area contributed by atoms with Crippen molar-refractivity contribution >= 4 is 17.3 Å². The fraction of sp³-hybridized carbons (Fsp3) is 0.125. The van der Waals surface area contributed by atoms with Gasteiger partial charge >= 0.3 is 0 Å². The van der Waals surface area contributed by atoms with Crippen molar-refractivity contribution in [1.82, 2.24) is 5.43 Å². The van der Waals surface area contributed by atoms with E-state index in [4.69, 9.17) is 0 Å². The molecule has 2 aromatic rings. The number of nitro groups is 1. The second kappa shape index (κ2) is 7.23. The number of hydrogen-bond donors (Lipinski definition) is 3. The van der Waals surface area contributed by atoms with Gasteiger partial charge < -0.3 is 10.2 Å². The first-order valence-corrected chi connectivity index (χ1v) is 6.95. The van der Waals surface area contributed by atoms with Crippen molar-refractivity contribution in [1.29, 1.82) is 0 Å². The second-order valence-electron chi connectivity index (χ2n) is 5.03. The summed E-state index contributed by atoms with van der Waals surface area (Å²) in [6.45, 7) is 1.60. The maximum Gasteiger partial charge on any atom is 0.269 e. The first-order chi connectivity index (χ1) is 11.4.